The van der Waals surface area contributed by atoms with Crippen LogP contribution < -0.4 is 15.4 Å². The van der Waals surface area contributed by atoms with Gasteiger partial charge in [0.2, 0.25) is 0 Å². The first-order valence-electron chi connectivity index (χ1n) is 6.59. The lowest BCUT2D eigenvalue weighted by atomic mass is 10.1. The molecule has 0 radical (unpaired) electrons. The van der Waals surface area contributed by atoms with Crippen molar-refractivity contribution < 1.29 is 27.2 Å². The number of nitrogens with one attached hydrogen (secondary N) is 2. The average molecular weight is 329 g/mol. The van der Waals surface area contributed by atoms with Gasteiger partial charge < -0.3 is 14.6 Å². The Morgan fingerprint density at radius 2 is 1.96 bits per heavy atom. The van der Waals surface area contributed by atoms with Crippen LogP contribution in [0.2, 0.25) is 0 Å². The Kier molecular flexibility index (Phi) is 4.77. The number of carbonyl (C=O) groups excluding carboxylic acids is 1. The SMILES string of the molecule is Cc1cc(NC(=O)N[C@@H](C)c2ccc(OC(F)(F)F)cc2)no1. The maximum absolute atomic E-state index is 12.1. The summed E-state index contributed by atoms with van der Waals surface area (Å²) in [5, 5.41) is 8.72. The first-order valence-corrected chi connectivity index (χ1v) is 6.59. The predicted octanol–water partition coefficient (Wildman–Crippen LogP) is 3.76. The zero-order valence-corrected chi connectivity index (χ0v) is 12.3. The summed E-state index contributed by atoms with van der Waals surface area (Å²) in [6.07, 6.45) is -4.74. The third-order valence-electron chi connectivity index (χ3n) is 2.83. The number of aromatic nitrogens is 1. The number of aryl methyl sites for hydroxylation is 1. The molecule has 0 unspecified atom stereocenters. The quantitative estimate of drug-likeness (QED) is 0.895. The van der Waals surface area contributed by atoms with Crippen LogP contribution in [0, 0.1) is 6.92 Å². The van der Waals surface area contributed by atoms with Crippen LogP contribution in [0.1, 0.15) is 24.3 Å². The second-order valence-corrected chi connectivity index (χ2v) is 4.76. The molecule has 0 spiro atoms. The van der Waals surface area contributed by atoms with Crippen LogP contribution in [0.15, 0.2) is 34.9 Å². The molecular weight excluding hydrogens is 315 g/mol. The van der Waals surface area contributed by atoms with Crippen molar-refractivity contribution >= 4 is 11.8 Å². The van der Waals surface area contributed by atoms with Gasteiger partial charge in [0.15, 0.2) is 5.82 Å². The number of ether oxygens (including phenoxy) is 1. The monoisotopic (exact) mass is 329 g/mol. The molecule has 0 aliphatic heterocycles. The van der Waals surface area contributed by atoms with E-state index in [9.17, 15) is 18.0 Å². The minimum Gasteiger partial charge on any atom is -0.406 e. The molecule has 2 aromatic rings. The van der Waals surface area contributed by atoms with Gasteiger partial charge in [0.05, 0.1) is 6.04 Å². The minimum absolute atomic E-state index is 0.265. The molecule has 0 fully saturated rings. The number of amides is 2. The predicted molar refractivity (Wildman–Crippen MR) is 74.9 cm³/mol. The Hall–Kier alpha value is -2.71. The summed E-state index contributed by atoms with van der Waals surface area (Å²) in [7, 11) is 0. The molecular formula is C14H14F3N3O3. The summed E-state index contributed by atoms with van der Waals surface area (Å²) in [5.74, 6) is 0.491. The fourth-order valence-corrected chi connectivity index (χ4v) is 1.82. The van der Waals surface area contributed by atoms with Crippen LogP contribution >= 0.6 is 0 Å². The number of nitrogens with zero attached hydrogens (tertiary/aromatic N) is 1. The summed E-state index contributed by atoms with van der Waals surface area (Å²) < 4.78 is 44.8. The number of hydrogen-bond acceptors (Lipinski definition) is 4. The Bertz CT molecular complexity index is 668. The molecule has 9 heteroatoms. The van der Waals surface area contributed by atoms with E-state index in [4.69, 9.17) is 4.52 Å². The van der Waals surface area contributed by atoms with E-state index in [-0.39, 0.29) is 11.6 Å². The van der Waals surface area contributed by atoms with Crippen molar-refractivity contribution in [3.8, 4) is 5.75 Å². The number of halogens is 3. The Morgan fingerprint density at radius 1 is 1.30 bits per heavy atom. The molecule has 2 N–H and O–H groups in total. The second-order valence-electron chi connectivity index (χ2n) is 4.76. The van der Waals surface area contributed by atoms with Gasteiger partial charge in [-0.2, -0.15) is 0 Å². The third kappa shape index (κ3) is 5.20. The second kappa shape index (κ2) is 6.59. The van der Waals surface area contributed by atoms with Crippen molar-refractivity contribution in [1.82, 2.24) is 10.5 Å². The molecule has 2 amide bonds. The van der Waals surface area contributed by atoms with Crippen LogP contribution in [0.4, 0.5) is 23.8 Å². The number of carbonyl (C=O) groups is 1. The maximum Gasteiger partial charge on any atom is 0.573 e. The molecule has 124 valence electrons. The third-order valence-corrected chi connectivity index (χ3v) is 2.83. The fraction of sp³-hybridized carbons (Fsp3) is 0.286. The van der Waals surface area contributed by atoms with Crippen molar-refractivity contribution in [2.75, 3.05) is 5.32 Å². The molecule has 1 heterocycles. The van der Waals surface area contributed by atoms with E-state index in [1.807, 2.05) is 0 Å². The maximum atomic E-state index is 12.1. The number of anilines is 1. The Labute approximate surface area is 129 Å². The molecule has 1 aromatic carbocycles. The van der Waals surface area contributed by atoms with Crippen LogP contribution in [0.5, 0.6) is 5.75 Å². The van der Waals surface area contributed by atoms with E-state index in [1.54, 1.807) is 19.9 Å². The highest BCUT2D eigenvalue weighted by Gasteiger charge is 2.31. The number of benzene rings is 1. The molecule has 2 rings (SSSR count). The van der Waals surface area contributed by atoms with Crippen molar-refractivity contribution in [2.45, 2.75) is 26.3 Å². The highest BCUT2D eigenvalue weighted by atomic mass is 19.4. The Balaban J connectivity index is 1.92. The number of rotatable bonds is 4. The number of urea groups is 1. The van der Waals surface area contributed by atoms with Crippen LogP contribution in [-0.2, 0) is 0 Å². The summed E-state index contributed by atoms with van der Waals surface area (Å²) in [5.41, 5.74) is 0.617. The van der Waals surface area contributed by atoms with E-state index in [2.05, 4.69) is 20.5 Å². The highest BCUT2D eigenvalue weighted by Crippen LogP contribution is 2.24. The highest BCUT2D eigenvalue weighted by molar-refractivity contribution is 5.88. The number of alkyl halides is 3. The first-order chi connectivity index (χ1) is 10.7. The summed E-state index contributed by atoms with van der Waals surface area (Å²) in [6.45, 7) is 3.37. The van der Waals surface area contributed by atoms with Crippen molar-refractivity contribution in [3.63, 3.8) is 0 Å². The van der Waals surface area contributed by atoms with Gasteiger partial charge in [0.25, 0.3) is 0 Å². The van der Waals surface area contributed by atoms with Gasteiger partial charge in [0.1, 0.15) is 11.5 Å². The normalized spacial score (nSPS) is 12.6. The topological polar surface area (TPSA) is 76.4 Å². The molecule has 0 saturated carbocycles. The van der Waals surface area contributed by atoms with Crippen molar-refractivity contribution in [3.05, 3.63) is 41.7 Å². The molecule has 0 saturated heterocycles. The summed E-state index contributed by atoms with van der Waals surface area (Å²) >= 11 is 0. The van der Waals surface area contributed by atoms with Gasteiger partial charge in [-0.3, -0.25) is 5.32 Å². The molecule has 1 atom stereocenters. The van der Waals surface area contributed by atoms with Gasteiger partial charge in [-0.15, -0.1) is 13.2 Å². The van der Waals surface area contributed by atoms with Gasteiger partial charge >= 0.3 is 12.4 Å². The lowest BCUT2D eigenvalue weighted by Gasteiger charge is -2.15. The summed E-state index contributed by atoms with van der Waals surface area (Å²) in [4.78, 5) is 11.8. The van der Waals surface area contributed by atoms with Crippen LogP contribution in [0.25, 0.3) is 0 Å². The largest absolute Gasteiger partial charge is 0.573 e. The van der Waals surface area contributed by atoms with E-state index >= 15 is 0 Å². The smallest absolute Gasteiger partial charge is 0.406 e. The van der Waals surface area contributed by atoms with Gasteiger partial charge in [-0.1, -0.05) is 17.3 Å². The van der Waals surface area contributed by atoms with E-state index in [0.717, 1.165) is 0 Å². The van der Waals surface area contributed by atoms with E-state index in [0.29, 0.717) is 11.3 Å². The standard InChI is InChI=1S/C14H14F3N3O3/c1-8-7-12(20-23-8)19-13(21)18-9(2)10-3-5-11(6-4-10)22-14(15,16)17/h3-7,9H,1-2H3,(H2,18,19,20,21)/t9-/m0/s1. The minimum atomic E-state index is -4.74. The Morgan fingerprint density at radius 3 is 2.48 bits per heavy atom. The molecule has 0 bridgehead atoms. The lowest BCUT2D eigenvalue weighted by Crippen LogP contribution is -2.31. The molecule has 6 nitrogen and oxygen atoms in total. The van der Waals surface area contributed by atoms with E-state index < -0.39 is 18.4 Å². The van der Waals surface area contributed by atoms with Crippen molar-refractivity contribution in [1.29, 1.82) is 0 Å². The number of hydrogen-bond donors (Lipinski definition) is 2. The van der Waals surface area contributed by atoms with Gasteiger partial charge in [-0.05, 0) is 31.5 Å². The van der Waals surface area contributed by atoms with Crippen LogP contribution in [0.3, 0.4) is 0 Å². The van der Waals surface area contributed by atoms with E-state index in [1.165, 1.54) is 24.3 Å². The fourth-order valence-electron chi connectivity index (χ4n) is 1.82. The lowest BCUT2D eigenvalue weighted by molar-refractivity contribution is -0.274. The molecule has 23 heavy (non-hydrogen) atoms. The molecule has 0 aliphatic carbocycles. The van der Waals surface area contributed by atoms with Gasteiger partial charge in [-0.25, -0.2) is 4.79 Å². The molecule has 0 aliphatic rings. The van der Waals surface area contributed by atoms with Crippen molar-refractivity contribution in [2.24, 2.45) is 0 Å². The summed E-state index contributed by atoms with van der Waals surface area (Å²) in [6, 6.07) is 5.84. The van der Waals surface area contributed by atoms with Crippen LogP contribution in [-0.4, -0.2) is 17.6 Å². The molecule has 1 aromatic heterocycles. The first kappa shape index (κ1) is 16.7. The zero-order valence-electron chi connectivity index (χ0n) is 12.3. The van der Waals surface area contributed by atoms with Gasteiger partial charge in [0, 0.05) is 6.07 Å². The zero-order chi connectivity index (χ0) is 17.0. The average Bonchev–Trinajstić information content (AvgIpc) is 2.82.